The Morgan fingerprint density at radius 3 is 1.18 bits per heavy atom. The van der Waals surface area contributed by atoms with Gasteiger partial charge in [0.1, 0.15) is 23.7 Å². The van der Waals surface area contributed by atoms with Crippen LogP contribution in [-0.2, 0) is 52.7 Å². The van der Waals surface area contributed by atoms with Crippen LogP contribution in [0.4, 0.5) is 0 Å². The highest BCUT2D eigenvalue weighted by molar-refractivity contribution is 5.88. The fraction of sp³-hybridized carbons (Fsp3) is 0.766. The Morgan fingerprint density at radius 2 is 0.794 bits per heavy atom. The number of hydrogen-bond donors (Lipinski definition) is 10. The summed E-state index contributed by atoms with van der Waals surface area (Å²) in [5, 5.41) is 54.3. The molecule has 0 unspecified atom stereocenters. The number of rotatable bonds is 45. The number of ketones is 2. The minimum atomic E-state index is -1.55. The van der Waals surface area contributed by atoms with Gasteiger partial charge in [-0.2, -0.15) is 0 Å². The molecule has 0 saturated heterocycles. The summed E-state index contributed by atoms with van der Waals surface area (Å²) in [7, 11) is 0. The van der Waals surface area contributed by atoms with Crippen molar-refractivity contribution in [2.75, 3.05) is 6.54 Å². The first-order valence-electron chi connectivity index (χ1n) is 24.0. The summed E-state index contributed by atoms with van der Waals surface area (Å²) in [6.07, 6.45) is 13.0. The van der Waals surface area contributed by atoms with E-state index in [-0.39, 0.29) is 64.2 Å². The lowest BCUT2D eigenvalue weighted by atomic mass is 9.94. The monoisotopic (exact) mass is 974 g/mol. The molecule has 21 heteroatoms. The van der Waals surface area contributed by atoms with Crippen molar-refractivity contribution in [3.63, 3.8) is 0 Å². The molecule has 68 heavy (non-hydrogen) atoms. The fourth-order valence-electron chi connectivity index (χ4n) is 7.37. The van der Waals surface area contributed by atoms with E-state index in [9.17, 15) is 73.2 Å². The van der Waals surface area contributed by atoms with E-state index in [0.29, 0.717) is 32.2 Å². The number of aliphatic carboxylic acids is 5. The van der Waals surface area contributed by atoms with E-state index in [0.717, 1.165) is 57.8 Å². The van der Waals surface area contributed by atoms with Crippen LogP contribution in [0.15, 0.2) is 0 Å². The number of primary amides is 1. The number of Topliss-reactive ketones (excluding diaryl/α,β-unsaturated/α-hetero) is 2. The van der Waals surface area contributed by atoms with Crippen molar-refractivity contribution in [3.05, 3.63) is 0 Å². The minimum absolute atomic E-state index is 0. The fourth-order valence-corrected chi connectivity index (χ4v) is 7.37. The number of carboxylic acid groups (broad SMARTS) is 5. The number of carboxylic acids is 5. The van der Waals surface area contributed by atoms with Gasteiger partial charge in [-0.1, -0.05) is 90.4 Å². The molecule has 0 fully saturated rings. The van der Waals surface area contributed by atoms with Gasteiger partial charge in [0.25, 0.3) is 0 Å². The number of nitrogens with one attached hydrogen (secondary N) is 3. The Hall–Kier alpha value is -5.47. The standard InChI is InChI=1S/C47H78N4O16.H3N.H2/c1-32(43(48)59)18-16-17-29-49-39(54)28-25-38(47(66)67)51-41(56)27-22-34(45(62)63)31-36(53)23-24-37(46(64)65)50-40(55)26-21-33(44(60)61)30-35(52)19-14-12-10-8-6-4-2-3-5-7-9-11-13-15-20-42(57)58;;/h32-34,37-38H,2-31H2,1H3,(H2,48,59)(H,49,54)(H,50,55)(H,51,56)(H,57,58)(H,60,61)(H,62,63)(H,64,65)(H,66,67);1H3;1H/t32-,33+,34+,37-,38-;;/m0../s1. The molecule has 0 saturated carbocycles. The van der Waals surface area contributed by atoms with E-state index in [1.54, 1.807) is 6.92 Å². The van der Waals surface area contributed by atoms with Crippen LogP contribution in [0.5, 0.6) is 0 Å². The second kappa shape index (κ2) is 39.5. The highest BCUT2D eigenvalue weighted by atomic mass is 16.4. The van der Waals surface area contributed by atoms with Crippen LogP contribution >= 0.6 is 0 Å². The first-order chi connectivity index (χ1) is 31.7. The molecule has 392 valence electrons. The Labute approximate surface area is 401 Å². The summed E-state index contributed by atoms with van der Waals surface area (Å²) in [4.78, 5) is 132. The highest BCUT2D eigenvalue weighted by Gasteiger charge is 2.28. The minimum Gasteiger partial charge on any atom is -0.481 e. The lowest BCUT2D eigenvalue weighted by Crippen LogP contribution is -2.42. The maximum absolute atomic E-state index is 12.7. The molecule has 0 radical (unpaired) electrons. The molecule has 0 bridgehead atoms. The molecular formula is C47H83N5O16. The van der Waals surface area contributed by atoms with Gasteiger partial charge in [-0.05, 0) is 51.4 Å². The first kappa shape index (κ1) is 64.6. The average Bonchev–Trinajstić information content (AvgIpc) is 3.25. The Balaban J connectivity index is -0.0000218. The van der Waals surface area contributed by atoms with Crippen molar-refractivity contribution in [2.24, 2.45) is 23.5 Å². The summed E-state index contributed by atoms with van der Waals surface area (Å²) in [6.45, 7) is 1.99. The molecule has 0 aliphatic carbocycles. The van der Waals surface area contributed by atoms with Crippen molar-refractivity contribution in [3.8, 4) is 0 Å². The smallest absolute Gasteiger partial charge is 0.326 e. The molecule has 4 amide bonds. The Morgan fingerprint density at radius 1 is 0.426 bits per heavy atom. The van der Waals surface area contributed by atoms with Crippen LogP contribution in [0.1, 0.15) is 195 Å². The molecule has 21 nitrogen and oxygen atoms in total. The number of amides is 4. The number of unbranched alkanes of at least 4 members (excludes halogenated alkanes) is 14. The molecule has 0 aromatic rings. The van der Waals surface area contributed by atoms with Crippen LogP contribution in [0.3, 0.4) is 0 Å². The summed E-state index contributed by atoms with van der Waals surface area (Å²) in [6, 6.07) is -3.00. The predicted octanol–water partition coefficient (Wildman–Crippen LogP) is 5.71. The third kappa shape index (κ3) is 35.7. The van der Waals surface area contributed by atoms with Gasteiger partial charge in [0, 0.05) is 65.3 Å². The molecule has 0 rings (SSSR count). The van der Waals surface area contributed by atoms with Crippen molar-refractivity contribution in [1.29, 1.82) is 0 Å². The summed E-state index contributed by atoms with van der Waals surface area (Å²) < 4.78 is 0. The Kier molecular flexibility index (Phi) is 37.5. The molecule has 0 aliphatic rings. The molecule has 13 N–H and O–H groups in total. The summed E-state index contributed by atoms with van der Waals surface area (Å²) in [5.74, 6) is -12.5. The van der Waals surface area contributed by atoms with E-state index in [1.165, 1.54) is 25.7 Å². The quantitative estimate of drug-likeness (QED) is 0.0327. The second-order valence-electron chi connectivity index (χ2n) is 17.6. The predicted molar refractivity (Wildman–Crippen MR) is 251 cm³/mol. The highest BCUT2D eigenvalue weighted by Crippen LogP contribution is 2.19. The van der Waals surface area contributed by atoms with Gasteiger partial charge in [-0.3, -0.25) is 43.2 Å². The number of carbonyl (C=O) groups is 11. The van der Waals surface area contributed by atoms with Crippen molar-refractivity contribution in [2.45, 2.75) is 205 Å². The van der Waals surface area contributed by atoms with Gasteiger partial charge in [0.05, 0.1) is 11.8 Å². The lowest BCUT2D eigenvalue weighted by Gasteiger charge is -2.17. The van der Waals surface area contributed by atoms with Crippen molar-refractivity contribution >= 4 is 65.0 Å². The van der Waals surface area contributed by atoms with Gasteiger partial charge >= 0.3 is 29.8 Å². The molecule has 0 spiro atoms. The van der Waals surface area contributed by atoms with Crippen LogP contribution in [-0.4, -0.2) is 109 Å². The van der Waals surface area contributed by atoms with Crippen molar-refractivity contribution in [1.82, 2.24) is 22.1 Å². The number of hydrogen-bond acceptors (Lipinski definition) is 12. The van der Waals surface area contributed by atoms with Crippen LogP contribution in [0, 0.1) is 17.8 Å². The van der Waals surface area contributed by atoms with E-state index in [4.69, 9.17) is 10.8 Å². The SMILES string of the molecule is C[C@@H](CCCCNC(=O)CC[C@H](NC(=O)CC[C@H](CC(=O)CC[C@H](NC(=O)CC[C@H](CC(=O)CCCCCCCCCCCCCCCCC(=O)O)C(=O)O)C(=O)O)C(=O)O)C(=O)O)C(N)=O.N.[HH]. The van der Waals surface area contributed by atoms with E-state index in [1.807, 2.05) is 0 Å². The third-order valence-electron chi connectivity index (χ3n) is 11.7. The molecule has 0 heterocycles. The van der Waals surface area contributed by atoms with E-state index >= 15 is 0 Å². The zero-order chi connectivity index (χ0) is 50.6. The van der Waals surface area contributed by atoms with Gasteiger partial charge in [0.2, 0.25) is 23.6 Å². The van der Waals surface area contributed by atoms with Crippen LogP contribution < -0.4 is 27.8 Å². The first-order valence-corrected chi connectivity index (χ1v) is 24.0. The second-order valence-corrected chi connectivity index (χ2v) is 17.6. The number of nitrogens with two attached hydrogens (primary N) is 1. The molecule has 0 aromatic carbocycles. The molecule has 0 aromatic heterocycles. The lowest BCUT2D eigenvalue weighted by molar-refractivity contribution is -0.145. The summed E-state index contributed by atoms with van der Waals surface area (Å²) >= 11 is 0. The van der Waals surface area contributed by atoms with E-state index < -0.39 is 115 Å². The van der Waals surface area contributed by atoms with Gasteiger partial charge in [-0.15, -0.1) is 0 Å². The maximum atomic E-state index is 12.7. The van der Waals surface area contributed by atoms with Gasteiger partial charge in [0.15, 0.2) is 0 Å². The Bertz CT molecular complexity index is 1600. The zero-order valence-corrected chi connectivity index (χ0v) is 40.1. The van der Waals surface area contributed by atoms with Gasteiger partial charge in [-0.25, -0.2) is 9.59 Å². The van der Waals surface area contributed by atoms with Crippen LogP contribution in [0.2, 0.25) is 0 Å². The molecule has 5 atom stereocenters. The van der Waals surface area contributed by atoms with Gasteiger partial charge < -0.3 is 53.4 Å². The largest absolute Gasteiger partial charge is 0.481 e. The maximum Gasteiger partial charge on any atom is 0.326 e. The third-order valence-corrected chi connectivity index (χ3v) is 11.7. The topological polar surface area (TPSA) is 386 Å². The van der Waals surface area contributed by atoms with Crippen molar-refractivity contribution < 1.29 is 79.7 Å². The average molecular weight is 974 g/mol. The summed E-state index contributed by atoms with van der Waals surface area (Å²) in [5.41, 5.74) is 5.22. The van der Waals surface area contributed by atoms with E-state index in [2.05, 4.69) is 16.0 Å². The number of carbonyl (C=O) groups excluding carboxylic acids is 6. The molecular weight excluding hydrogens is 891 g/mol. The molecule has 0 aliphatic heterocycles. The normalized spacial score (nSPS) is 13.1. The van der Waals surface area contributed by atoms with Crippen LogP contribution in [0.25, 0.3) is 0 Å². The zero-order valence-electron chi connectivity index (χ0n) is 40.1.